The summed E-state index contributed by atoms with van der Waals surface area (Å²) in [5, 5.41) is 6.36. The lowest BCUT2D eigenvalue weighted by Gasteiger charge is -2.27. The van der Waals surface area contributed by atoms with Crippen molar-refractivity contribution >= 4 is 23.3 Å². The van der Waals surface area contributed by atoms with E-state index >= 15 is 0 Å². The number of anilines is 1. The lowest BCUT2D eigenvalue weighted by atomic mass is 9.94. The van der Waals surface area contributed by atoms with Gasteiger partial charge in [0.25, 0.3) is 0 Å². The summed E-state index contributed by atoms with van der Waals surface area (Å²) in [5.41, 5.74) is 1.16. The molecule has 0 atom stereocenters. The summed E-state index contributed by atoms with van der Waals surface area (Å²) in [6.07, 6.45) is 0. The van der Waals surface area contributed by atoms with Gasteiger partial charge in [0, 0.05) is 10.7 Å². The van der Waals surface area contributed by atoms with Crippen molar-refractivity contribution in [2.75, 3.05) is 12.4 Å². The molecule has 116 valence electrons. The fourth-order valence-electron chi connectivity index (χ4n) is 2.06. The average molecular weight is 319 g/mol. The molecular weight excluding hydrogens is 300 g/mol. The van der Waals surface area contributed by atoms with Gasteiger partial charge in [-0.1, -0.05) is 23.7 Å². The van der Waals surface area contributed by atoms with Gasteiger partial charge in [-0.05, 0) is 55.8 Å². The van der Waals surface area contributed by atoms with E-state index < -0.39 is 5.54 Å². The molecule has 0 heterocycles. The first kappa shape index (κ1) is 16.2. The van der Waals surface area contributed by atoms with Crippen LogP contribution in [0.1, 0.15) is 19.4 Å². The number of benzene rings is 2. The molecule has 22 heavy (non-hydrogen) atoms. The van der Waals surface area contributed by atoms with Crippen LogP contribution < -0.4 is 15.4 Å². The molecule has 2 aromatic carbocycles. The topological polar surface area (TPSA) is 50.4 Å². The Morgan fingerprint density at radius 3 is 2.18 bits per heavy atom. The standard InChI is InChI=1S/C17H19ClN2O2/c1-17(2,12-4-10-15(22-3)11-5-12)20-16(21)19-14-8-6-13(18)7-9-14/h4-11H,1-3H3,(H2,19,20,21). The molecule has 0 aliphatic carbocycles. The minimum atomic E-state index is -0.511. The highest BCUT2D eigenvalue weighted by molar-refractivity contribution is 6.30. The van der Waals surface area contributed by atoms with Crippen LogP contribution in [0, 0.1) is 0 Å². The van der Waals surface area contributed by atoms with Crippen molar-refractivity contribution < 1.29 is 9.53 Å². The number of amides is 2. The molecule has 2 rings (SSSR count). The number of hydrogen-bond acceptors (Lipinski definition) is 2. The number of urea groups is 1. The zero-order valence-corrected chi connectivity index (χ0v) is 13.6. The van der Waals surface area contributed by atoms with E-state index in [4.69, 9.17) is 16.3 Å². The zero-order valence-electron chi connectivity index (χ0n) is 12.8. The van der Waals surface area contributed by atoms with Crippen LogP contribution in [0.25, 0.3) is 0 Å². The lowest BCUT2D eigenvalue weighted by molar-refractivity contribution is 0.242. The van der Waals surface area contributed by atoms with Crippen LogP contribution in [0.2, 0.25) is 5.02 Å². The van der Waals surface area contributed by atoms with Crippen molar-refractivity contribution in [3.63, 3.8) is 0 Å². The SMILES string of the molecule is COc1ccc(C(C)(C)NC(=O)Nc2ccc(Cl)cc2)cc1. The highest BCUT2D eigenvalue weighted by atomic mass is 35.5. The first-order chi connectivity index (χ1) is 10.4. The third-order valence-corrected chi connectivity index (χ3v) is 3.59. The Morgan fingerprint density at radius 2 is 1.64 bits per heavy atom. The van der Waals surface area contributed by atoms with E-state index in [2.05, 4.69) is 10.6 Å². The molecule has 2 N–H and O–H groups in total. The summed E-state index contributed by atoms with van der Waals surface area (Å²) in [5.74, 6) is 0.783. The Kier molecular flexibility index (Phi) is 4.93. The van der Waals surface area contributed by atoms with Crippen molar-refractivity contribution in [3.8, 4) is 5.75 Å². The summed E-state index contributed by atoms with van der Waals surface area (Å²) >= 11 is 5.82. The number of methoxy groups -OCH3 is 1. The van der Waals surface area contributed by atoms with E-state index in [0.29, 0.717) is 10.7 Å². The van der Waals surface area contributed by atoms with Crippen LogP contribution >= 0.6 is 11.6 Å². The Morgan fingerprint density at radius 1 is 1.05 bits per heavy atom. The van der Waals surface area contributed by atoms with Crippen LogP contribution in [-0.2, 0) is 5.54 Å². The maximum absolute atomic E-state index is 12.1. The minimum absolute atomic E-state index is 0.275. The molecule has 0 spiro atoms. The van der Waals surface area contributed by atoms with Gasteiger partial charge in [-0.2, -0.15) is 0 Å². The summed E-state index contributed by atoms with van der Waals surface area (Å²) in [4.78, 5) is 12.1. The van der Waals surface area contributed by atoms with E-state index in [0.717, 1.165) is 11.3 Å². The normalized spacial score (nSPS) is 10.9. The fraction of sp³-hybridized carbons (Fsp3) is 0.235. The Hall–Kier alpha value is -2.20. The minimum Gasteiger partial charge on any atom is -0.497 e. The van der Waals surface area contributed by atoms with Crippen LogP contribution in [-0.4, -0.2) is 13.1 Å². The smallest absolute Gasteiger partial charge is 0.319 e. The average Bonchev–Trinajstić information content (AvgIpc) is 2.49. The van der Waals surface area contributed by atoms with E-state index in [-0.39, 0.29) is 6.03 Å². The number of ether oxygens (including phenoxy) is 1. The maximum atomic E-state index is 12.1. The van der Waals surface area contributed by atoms with Gasteiger partial charge in [0.15, 0.2) is 0 Å². The number of carbonyl (C=O) groups is 1. The summed E-state index contributed by atoms with van der Waals surface area (Å²) in [7, 11) is 1.62. The van der Waals surface area contributed by atoms with Crippen LogP contribution in [0.4, 0.5) is 10.5 Å². The molecule has 0 fully saturated rings. The zero-order chi connectivity index (χ0) is 16.2. The van der Waals surface area contributed by atoms with Gasteiger partial charge in [-0.25, -0.2) is 4.79 Å². The van der Waals surface area contributed by atoms with Gasteiger partial charge in [-0.15, -0.1) is 0 Å². The number of halogens is 1. The monoisotopic (exact) mass is 318 g/mol. The van der Waals surface area contributed by atoms with Crippen molar-refractivity contribution in [2.45, 2.75) is 19.4 Å². The first-order valence-electron chi connectivity index (χ1n) is 6.90. The molecule has 2 aromatic rings. The second-order valence-corrected chi connectivity index (χ2v) is 5.88. The van der Waals surface area contributed by atoms with E-state index in [1.165, 1.54) is 0 Å². The third-order valence-electron chi connectivity index (χ3n) is 3.34. The summed E-state index contributed by atoms with van der Waals surface area (Å²) in [6.45, 7) is 3.88. The van der Waals surface area contributed by atoms with Crippen molar-refractivity contribution in [2.24, 2.45) is 0 Å². The molecule has 0 saturated carbocycles. The van der Waals surface area contributed by atoms with Crippen LogP contribution in [0.3, 0.4) is 0 Å². The van der Waals surface area contributed by atoms with Gasteiger partial charge in [0.2, 0.25) is 0 Å². The van der Waals surface area contributed by atoms with Crippen LogP contribution in [0.5, 0.6) is 5.75 Å². The number of nitrogens with one attached hydrogen (secondary N) is 2. The fourth-order valence-corrected chi connectivity index (χ4v) is 2.19. The highest BCUT2D eigenvalue weighted by Gasteiger charge is 2.22. The largest absolute Gasteiger partial charge is 0.497 e. The van der Waals surface area contributed by atoms with Gasteiger partial charge < -0.3 is 15.4 Å². The molecule has 0 aliphatic heterocycles. The predicted molar refractivity (Wildman–Crippen MR) is 89.6 cm³/mol. The van der Waals surface area contributed by atoms with Crippen LogP contribution in [0.15, 0.2) is 48.5 Å². The molecule has 0 aromatic heterocycles. The summed E-state index contributed by atoms with van der Waals surface area (Å²) < 4.78 is 5.14. The second kappa shape index (κ2) is 6.71. The second-order valence-electron chi connectivity index (χ2n) is 5.44. The van der Waals surface area contributed by atoms with Crippen molar-refractivity contribution in [3.05, 3.63) is 59.1 Å². The van der Waals surface area contributed by atoms with E-state index in [1.807, 2.05) is 38.1 Å². The number of rotatable bonds is 4. The molecule has 0 unspecified atom stereocenters. The molecule has 0 saturated heterocycles. The Balaban J connectivity index is 2.03. The number of hydrogen-bond donors (Lipinski definition) is 2. The lowest BCUT2D eigenvalue weighted by Crippen LogP contribution is -2.43. The van der Waals surface area contributed by atoms with Gasteiger partial charge in [-0.3, -0.25) is 0 Å². The molecular formula is C17H19ClN2O2. The van der Waals surface area contributed by atoms with E-state index in [1.54, 1.807) is 31.4 Å². The molecule has 2 amide bonds. The van der Waals surface area contributed by atoms with E-state index in [9.17, 15) is 4.79 Å². The Bertz CT molecular complexity index is 637. The van der Waals surface area contributed by atoms with Crippen molar-refractivity contribution in [1.29, 1.82) is 0 Å². The van der Waals surface area contributed by atoms with Gasteiger partial charge in [0.1, 0.15) is 5.75 Å². The first-order valence-corrected chi connectivity index (χ1v) is 7.28. The predicted octanol–water partition coefficient (Wildman–Crippen LogP) is 4.41. The molecule has 0 aliphatic rings. The molecule has 0 bridgehead atoms. The Labute approximate surface area is 135 Å². The quantitative estimate of drug-likeness (QED) is 0.877. The van der Waals surface area contributed by atoms with Gasteiger partial charge in [0.05, 0.1) is 12.6 Å². The number of carbonyl (C=O) groups excluding carboxylic acids is 1. The third kappa shape index (κ3) is 4.15. The molecule has 5 heteroatoms. The highest BCUT2D eigenvalue weighted by Crippen LogP contribution is 2.23. The maximum Gasteiger partial charge on any atom is 0.319 e. The molecule has 4 nitrogen and oxygen atoms in total. The summed E-state index contributed by atoms with van der Waals surface area (Å²) in [6, 6.07) is 14.3. The van der Waals surface area contributed by atoms with Gasteiger partial charge >= 0.3 is 6.03 Å². The van der Waals surface area contributed by atoms with Crippen molar-refractivity contribution in [1.82, 2.24) is 5.32 Å². The molecule has 0 radical (unpaired) electrons.